The quantitative estimate of drug-likeness (QED) is 0.203. The Morgan fingerprint density at radius 2 is 1.50 bits per heavy atom. The van der Waals surface area contributed by atoms with Crippen molar-refractivity contribution >= 4 is 11.8 Å². The van der Waals surface area contributed by atoms with Crippen LogP contribution < -0.4 is 10.8 Å². The highest BCUT2D eigenvalue weighted by molar-refractivity contribution is 5.88. The third-order valence-corrected chi connectivity index (χ3v) is 4.69. The van der Waals surface area contributed by atoms with Gasteiger partial charge in [0.15, 0.2) is 0 Å². The highest BCUT2D eigenvalue weighted by Gasteiger charge is 2.34. The first-order chi connectivity index (χ1) is 12.0. The van der Waals surface area contributed by atoms with Gasteiger partial charge in [-0.25, -0.2) is 5.48 Å². The number of carbonyl (C=O) groups excluding carboxylic acids is 2. The number of amides is 2. The number of aliphatic hydroxyl groups excluding tert-OH is 2. The summed E-state index contributed by atoms with van der Waals surface area (Å²) in [6.07, 6.45) is 3.63. The summed E-state index contributed by atoms with van der Waals surface area (Å²) in [5, 5.41) is 31.1. The molecule has 154 valence electrons. The highest BCUT2D eigenvalue weighted by Crippen LogP contribution is 2.22. The van der Waals surface area contributed by atoms with Crippen molar-refractivity contribution in [3.8, 4) is 0 Å². The largest absolute Gasteiger partial charge is 0.394 e. The molecule has 0 aromatic rings. The molecule has 7 heteroatoms. The van der Waals surface area contributed by atoms with E-state index in [-0.39, 0.29) is 12.0 Å². The molecule has 0 heterocycles. The number of carbonyl (C=O) groups is 2. The molecule has 0 aromatic heterocycles. The van der Waals surface area contributed by atoms with Crippen molar-refractivity contribution < 1.29 is 25.0 Å². The van der Waals surface area contributed by atoms with E-state index in [0.29, 0.717) is 18.8 Å². The third kappa shape index (κ3) is 9.50. The maximum atomic E-state index is 12.6. The maximum absolute atomic E-state index is 12.6. The number of unbranched alkanes of at least 4 members (excludes halogenated alkanes) is 3. The molecule has 0 aliphatic heterocycles. The van der Waals surface area contributed by atoms with E-state index in [1.54, 1.807) is 0 Å². The highest BCUT2D eigenvalue weighted by atomic mass is 16.5. The Kier molecular flexibility index (Phi) is 11.7. The fraction of sp³-hybridized carbons (Fsp3) is 0.895. The van der Waals surface area contributed by atoms with Crippen LogP contribution >= 0.6 is 0 Å². The molecule has 2 amide bonds. The Morgan fingerprint density at radius 3 is 1.92 bits per heavy atom. The lowest BCUT2D eigenvalue weighted by Crippen LogP contribution is -2.52. The molecular formula is C19H38N2O5. The molecule has 0 rings (SSSR count). The molecule has 3 atom stereocenters. The van der Waals surface area contributed by atoms with Gasteiger partial charge in [-0.15, -0.1) is 0 Å². The normalized spacial score (nSPS) is 15.4. The van der Waals surface area contributed by atoms with Gasteiger partial charge in [-0.3, -0.25) is 14.8 Å². The second kappa shape index (κ2) is 12.3. The van der Waals surface area contributed by atoms with Crippen LogP contribution in [0.15, 0.2) is 0 Å². The van der Waals surface area contributed by atoms with Crippen LogP contribution in [0.3, 0.4) is 0 Å². The van der Waals surface area contributed by atoms with E-state index in [2.05, 4.69) is 19.2 Å². The van der Waals surface area contributed by atoms with Crippen molar-refractivity contribution in [1.82, 2.24) is 10.8 Å². The number of hydrogen-bond donors (Lipinski definition) is 5. The van der Waals surface area contributed by atoms with Crippen molar-refractivity contribution in [1.29, 1.82) is 0 Å². The molecule has 0 radical (unpaired) electrons. The van der Waals surface area contributed by atoms with Crippen molar-refractivity contribution in [2.75, 3.05) is 6.61 Å². The predicted molar refractivity (Wildman–Crippen MR) is 100 cm³/mol. The van der Waals surface area contributed by atoms with Gasteiger partial charge >= 0.3 is 0 Å². The van der Waals surface area contributed by atoms with Gasteiger partial charge in [-0.05, 0) is 17.8 Å². The Labute approximate surface area is 157 Å². The van der Waals surface area contributed by atoms with Gasteiger partial charge in [0.1, 0.15) is 6.10 Å². The Morgan fingerprint density at radius 1 is 0.962 bits per heavy atom. The van der Waals surface area contributed by atoms with E-state index in [4.69, 9.17) is 5.21 Å². The fourth-order valence-electron chi connectivity index (χ4n) is 2.77. The fourth-order valence-corrected chi connectivity index (χ4v) is 2.77. The first kappa shape index (κ1) is 24.8. The summed E-state index contributed by atoms with van der Waals surface area (Å²) in [5.74, 6) is -1.79. The molecule has 7 nitrogen and oxygen atoms in total. The summed E-state index contributed by atoms with van der Waals surface area (Å²) in [6, 6.07) is -0.493. The van der Waals surface area contributed by atoms with Gasteiger partial charge in [-0.2, -0.15) is 0 Å². The zero-order valence-electron chi connectivity index (χ0n) is 16.9. The average molecular weight is 375 g/mol. The lowest BCUT2D eigenvalue weighted by Gasteiger charge is -2.32. The van der Waals surface area contributed by atoms with Gasteiger partial charge in [-0.1, -0.05) is 66.7 Å². The van der Waals surface area contributed by atoms with E-state index in [0.717, 1.165) is 25.7 Å². The minimum Gasteiger partial charge on any atom is -0.394 e. The molecular weight excluding hydrogens is 336 g/mol. The van der Waals surface area contributed by atoms with Crippen LogP contribution in [-0.4, -0.2) is 46.0 Å². The predicted octanol–water partition coefficient (Wildman–Crippen LogP) is 1.99. The monoisotopic (exact) mass is 374 g/mol. The molecule has 0 fully saturated rings. The van der Waals surface area contributed by atoms with Crippen molar-refractivity contribution in [3.05, 3.63) is 0 Å². The number of aliphatic hydroxyl groups is 2. The maximum Gasteiger partial charge on any atom is 0.272 e. The second-order valence-corrected chi connectivity index (χ2v) is 8.52. The summed E-state index contributed by atoms with van der Waals surface area (Å²) in [6.45, 7) is 9.77. The van der Waals surface area contributed by atoms with Crippen LogP contribution in [-0.2, 0) is 9.59 Å². The van der Waals surface area contributed by atoms with Crippen LogP contribution in [0.25, 0.3) is 0 Å². The number of hydroxylamine groups is 1. The summed E-state index contributed by atoms with van der Waals surface area (Å²) in [5.41, 5.74) is 1.04. The van der Waals surface area contributed by atoms with Crippen molar-refractivity contribution in [2.24, 2.45) is 17.3 Å². The van der Waals surface area contributed by atoms with Crippen LogP contribution in [0, 0.1) is 17.3 Å². The van der Waals surface area contributed by atoms with Gasteiger partial charge in [0, 0.05) is 0 Å². The first-order valence-electron chi connectivity index (χ1n) is 9.57. The molecule has 0 saturated heterocycles. The SMILES string of the molecule is CC(C)CCCCCC[C@@H](C(=O)N[C@H](CO)C(C)(C)C)[C@H](O)C(=O)NO. The molecule has 0 aromatic carbocycles. The molecule has 26 heavy (non-hydrogen) atoms. The Bertz CT molecular complexity index is 421. The van der Waals surface area contributed by atoms with Crippen LogP contribution in [0.4, 0.5) is 0 Å². The first-order valence-corrected chi connectivity index (χ1v) is 9.57. The molecule has 0 aliphatic carbocycles. The Hall–Kier alpha value is -1.18. The minimum atomic E-state index is -1.63. The third-order valence-electron chi connectivity index (χ3n) is 4.69. The van der Waals surface area contributed by atoms with Crippen LogP contribution in [0.5, 0.6) is 0 Å². The zero-order chi connectivity index (χ0) is 20.3. The summed E-state index contributed by atoms with van der Waals surface area (Å²) in [4.78, 5) is 24.2. The summed E-state index contributed by atoms with van der Waals surface area (Å²) < 4.78 is 0. The molecule has 0 spiro atoms. The second-order valence-electron chi connectivity index (χ2n) is 8.52. The average Bonchev–Trinajstić information content (AvgIpc) is 2.56. The van der Waals surface area contributed by atoms with Gasteiger partial charge in [0.25, 0.3) is 5.91 Å². The molecule has 0 aliphatic rings. The van der Waals surface area contributed by atoms with E-state index in [1.165, 1.54) is 5.48 Å². The van der Waals surface area contributed by atoms with Gasteiger partial charge in [0.05, 0.1) is 18.6 Å². The van der Waals surface area contributed by atoms with E-state index in [1.807, 2.05) is 20.8 Å². The molecule has 0 bridgehead atoms. The lowest BCUT2D eigenvalue weighted by atomic mass is 9.86. The van der Waals surface area contributed by atoms with Gasteiger partial charge in [0.2, 0.25) is 5.91 Å². The van der Waals surface area contributed by atoms with E-state index >= 15 is 0 Å². The summed E-state index contributed by atoms with van der Waals surface area (Å²) in [7, 11) is 0. The van der Waals surface area contributed by atoms with Crippen molar-refractivity contribution in [2.45, 2.75) is 85.3 Å². The van der Waals surface area contributed by atoms with Crippen molar-refractivity contribution in [3.63, 3.8) is 0 Å². The smallest absolute Gasteiger partial charge is 0.272 e. The minimum absolute atomic E-state index is 0.237. The van der Waals surface area contributed by atoms with E-state index < -0.39 is 29.9 Å². The molecule has 0 saturated carbocycles. The van der Waals surface area contributed by atoms with Gasteiger partial charge < -0.3 is 15.5 Å². The topological polar surface area (TPSA) is 119 Å². The zero-order valence-corrected chi connectivity index (χ0v) is 16.9. The molecule has 5 N–H and O–H groups in total. The number of hydrogen-bond acceptors (Lipinski definition) is 5. The summed E-state index contributed by atoms with van der Waals surface area (Å²) >= 11 is 0. The standard InChI is InChI=1S/C19H38N2O5/c1-13(2)10-8-6-7-9-11-14(16(23)18(25)21-26)17(24)20-15(12-22)19(3,4)5/h13-16,22-23,26H,6-12H2,1-5H3,(H,20,24)(H,21,25)/t14-,15-,16+/m1/s1. The number of nitrogens with one attached hydrogen (secondary N) is 2. The lowest BCUT2D eigenvalue weighted by molar-refractivity contribution is -0.146. The van der Waals surface area contributed by atoms with Crippen LogP contribution in [0.2, 0.25) is 0 Å². The Balaban J connectivity index is 4.79. The molecule has 0 unspecified atom stereocenters. The number of rotatable bonds is 12. The van der Waals surface area contributed by atoms with Crippen LogP contribution in [0.1, 0.15) is 73.1 Å². The van der Waals surface area contributed by atoms with E-state index in [9.17, 15) is 19.8 Å².